The zero-order chi connectivity index (χ0) is 10.1. The quantitative estimate of drug-likeness (QED) is 0.766. The van der Waals surface area contributed by atoms with Gasteiger partial charge in [-0.05, 0) is 18.1 Å². The minimum absolute atomic E-state index is 0.0297. The van der Waals surface area contributed by atoms with Gasteiger partial charge in [0.1, 0.15) is 0 Å². The molecule has 0 unspecified atom stereocenters. The summed E-state index contributed by atoms with van der Waals surface area (Å²) in [6.07, 6.45) is 0.856. The molecule has 2 nitrogen and oxygen atoms in total. The van der Waals surface area contributed by atoms with Gasteiger partial charge in [-0.25, -0.2) is 0 Å². The molecule has 0 spiro atoms. The summed E-state index contributed by atoms with van der Waals surface area (Å²) in [4.78, 5) is 10.7. The van der Waals surface area contributed by atoms with Crippen LogP contribution in [0.2, 0.25) is 0 Å². The van der Waals surface area contributed by atoms with Gasteiger partial charge in [0.15, 0.2) is 6.29 Å². The number of rotatable bonds is 2. The molecule has 72 valence electrons. The summed E-state index contributed by atoms with van der Waals surface area (Å²) >= 11 is 1.51. The summed E-state index contributed by atoms with van der Waals surface area (Å²) < 4.78 is 1.02. The van der Waals surface area contributed by atoms with E-state index in [1.54, 1.807) is 0 Å². The Kier molecular flexibility index (Phi) is 2.35. The lowest BCUT2D eigenvalue weighted by molar-refractivity contribution is 0.112. The fourth-order valence-electron chi connectivity index (χ4n) is 1.56. The lowest BCUT2D eigenvalue weighted by atomic mass is 10.1. The number of aryl methyl sites for hydroxylation is 1. The first-order valence-corrected chi connectivity index (χ1v) is 5.21. The van der Waals surface area contributed by atoms with Gasteiger partial charge in [0.05, 0.1) is 6.61 Å². The predicted molar refractivity (Wildman–Crippen MR) is 57.9 cm³/mol. The molecule has 0 bridgehead atoms. The number of aldehydes is 1. The molecule has 0 radical (unpaired) electrons. The van der Waals surface area contributed by atoms with Crippen molar-refractivity contribution in [3.05, 3.63) is 34.2 Å². The molecule has 0 saturated heterocycles. The largest absolute Gasteiger partial charge is 0.392 e. The molecule has 1 N–H and O–H groups in total. The molecule has 14 heavy (non-hydrogen) atoms. The van der Waals surface area contributed by atoms with Gasteiger partial charge in [-0.1, -0.05) is 12.1 Å². The Labute approximate surface area is 85.8 Å². The van der Waals surface area contributed by atoms with Crippen LogP contribution in [0.15, 0.2) is 17.5 Å². The lowest BCUT2D eigenvalue weighted by Crippen LogP contribution is -1.88. The second kappa shape index (κ2) is 3.52. The highest BCUT2D eigenvalue weighted by atomic mass is 32.1. The van der Waals surface area contributed by atoms with Crippen LogP contribution in [0.1, 0.15) is 21.5 Å². The van der Waals surface area contributed by atoms with E-state index in [2.05, 4.69) is 0 Å². The van der Waals surface area contributed by atoms with Crippen molar-refractivity contribution in [2.24, 2.45) is 0 Å². The molecule has 3 heteroatoms. The molecule has 1 aromatic heterocycles. The van der Waals surface area contributed by atoms with Crippen LogP contribution in [0.3, 0.4) is 0 Å². The monoisotopic (exact) mass is 206 g/mol. The van der Waals surface area contributed by atoms with E-state index in [-0.39, 0.29) is 6.61 Å². The van der Waals surface area contributed by atoms with Gasteiger partial charge >= 0.3 is 0 Å². The summed E-state index contributed by atoms with van der Waals surface area (Å²) in [5.74, 6) is 0. The normalized spacial score (nSPS) is 10.7. The van der Waals surface area contributed by atoms with E-state index in [0.29, 0.717) is 5.56 Å². The third-order valence-corrected chi connectivity index (χ3v) is 3.47. The molecule has 2 rings (SSSR count). The first-order valence-electron chi connectivity index (χ1n) is 4.33. The van der Waals surface area contributed by atoms with Crippen molar-refractivity contribution in [1.82, 2.24) is 0 Å². The van der Waals surface area contributed by atoms with Crippen LogP contribution in [0, 0.1) is 6.92 Å². The third kappa shape index (κ3) is 1.25. The van der Waals surface area contributed by atoms with Crippen molar-refractivity contribution in [3.8, 4) is 0 Å². The Morgan fingerprint density at radius 1 is 1.50 bits per heavy atom. The van der Waals surface area contributed by atoms with Crippen LogP contribution in [0.4, 0.5) is 0 Å². The fraction of sp³-hybridized carbons (Fsp3) is 0.182. The van der Waals surface area contributed by atoms with Crippen LogP contribution in [0.5, 0.6) is 0 Å². The van der Waals surface area contributed by atoms with Crippen molar-refractivity contribution in [2.75, 3.05) is 0 Å². The molecule has 0 atom stereocenters. The number of aliphatic hydroxyl groups is 1. The van der Waals surface area contributed by atoms with E-state index in [4.69, 9.17) is 0 Å². The second-order valence-electron chi connectivity index (χ2n) is 3.20. The topological polar surface area (TPSA) is 37.3 Å². The number of benzene rings is 1. The maximum atomic E-state index is 10.7. The average Bonchev–Trinajstić information content (AvgIpc) is 2.60. The van der Waals surface area contributed by atoms with Gasteiger partial charge < -0.3 is 5.11 Å². The Balaban J connectivity index is 2.83. The van der Waals surface area contributed by atoms with Gasteiger partial charge in [-0.15, -0.1) is 11.3 Å². The summed E-state index contributed by atoms with van der Waals surface area (Å²) in [6.45, 7) is 1.99. The van der Waals surface area contributed by atoms with Crippen molar-refractivity contribution in [2.45, 2.75) is 13.5 Å². The molecule has 2 aromatic rings. The van der Waals surface area contributed by atoms with Crippen LogP contribution >= 0.6 is 11.3 Å². The second-order valence-corrected chi connectivity index (χ2v) is 4.08. The van der Waals surface area contributed by atoms with Gasteiger partial charge in [-0.3, -0.25) is 4.79 Å². The van der Waals surface area contributed by atoms with Crippen molar-refractivity contribution >= 4 is 27.7 Å². The summed E-state index contributed by atoms with van der Waals surface area (Å²) in [5.41, 5.74) is 2.71. The zero-order valence-electron chi connectivity index (χ0n) is 7.78. The number of thiophene rings is 1. The Morgan fingerprint density at radius 3 is 2.93 bits per heavy atom. The van der Waals surface area contributed by atoms with E-state index >= 15 is 0 Å². The Bertz CT molecular complexity index is 485. The smallest absolute Gasteiger partial charge is 0.151 e. The van der Waals surface area contributed by atoms with Crippen LogP contribution < -0.4 is 0 Å². The van der Waals surface area contributed by atoms with Crippen molar-refractivity contribution in [1.29, 1.82) is 0 Å². The highest BCUT2D eigenvalue weighted by Crippen LogP contribution is 2.30. The van der Waals surface area contributed by atoms with Gasteiger partial charge in [0.2, 0.25) is 0 Å². The van der Waals surface area contributed by atoms with Gasteiger partial charge in [0.25, 0.3) is 0 Å². The molecule has 1 heterocycles. The number of carbonyl (C=O) groups excluding carboxylic acids is 1. The molecule has 0 fully saturated rings. The minimum atomic E-state index is 0.0297. The first-order chi connectivity index (χ1) is 6.77. The third-order valence-electron chi connectivity index (χ3n) is 2.39. The zero-order valence-corrected chi connectivity index (χ0v) is 8.60. The molecule has 0 aliphatic heterocycles. The standard InChI is InChI=1S/C11H10O2S/c1-7-2-3-9-8(4-12)6-14-11(9)10(7)5-13/h2-4,6,13H,5H2,1H3. The highest BCUT2D eigenvalue weighted by Gasteiger charge is 2.08. The molecular weight excluding hydrogens is 196 g/mol. The molecular formula is C11H10O2S. The van der Waals surface area contributed by atoms with Gasteiger partial charge in [-0.2, -0.15) is 0 Å². The average molecular weight is 206 g/mol. The summed E-state index contributed by atoms with van der Waals surface area (Å²) in [5, 5.41) is 12.0. The number of hydrogen-bond acceptors (Lipinski definition) is 3. The first kappa shape index (κ1) is 9.37. The summed E-state index contributed by atoms with van der Waals surface area (Å²) in [7, 11) is 0. The highest BCUT2D eigenvalue weighted by molar-refractivity contribution is 7.17. The Hall–Kier alpha value is -1.19. The summed E-state index contributed by atoms with van der Waals surface area (Å²) in [6, 6.07) is 3.87. The van der Waals surface area contributed by atoms with Crippen molar-refractivity contribution in [3.63, 3.8) is 0 Å². The Morgan fingerprint density at radius 2 is 2.29 bits per heavy atom. The van der Waals surface area contributed by atoms with E-state index in [1.165, 1.54) is 11.3 Å². The number of hydrogen-bond donors (Lipinski definition) is 1. The van der Waals surface area contributed by atoms with E-state index < -0.39 is 0 Å². The van der Waals surface area contributed by atoms with E-state index in [0.717, 1.165) is 27.5 Å². The number of fused-ring (bicyclic) bond motifs is 1. The van der Waals surface area contributed by atoms with Crippen LogP contribution in [-0.2, 0) is 6.61 Å². The maximum Gasteiger partial charge on any atom is 0.151 e. The van der Waals surface area contributed by atoms with Gasteiger partial charge in [0, 0.05) is 21.0 Å². The minimum Gasteiger partial charge on any atom is -0.392 e. The SMILES string of the molecule is Cc1ccc2c(C=O)csc2c1CO. The van der Waals surface area contributed by atoms with E-state index in [9.17, 15) is 9.90 Å². The van der Waals surface area contributed by atoms with Crippen LogP contribution in [0.25, 0.3) is 10.1 Å². The molecule has 0 aliphatic carbocycles. The number of aliphatic hydroxyl groups excluding tert-OH is 1. The molecule has 0 amide bonds. The van der Waals surface area contributed by atoms with Crippen LogP contribution in [-0.4, -0.2) is 11.4 Å². The number of carbonyl (C=O) groups is 1. The molecule has 0 saturated carbocycles. The fourth-order valence-corrected chi connectivity index (χ4v) is 2.67. The molecule has 1 aromatic carbocycles. The molecule has 0 aliphatic rings. The van der Waals surface area contributed by atoms with Crippen molar-refractivity contribution < 1.29 is 9.90 Å². The predicted octanol–water partition coefficient (Wildman–Crippen LogP) is 2.51. The lowest BCUT2D eigenvalue weighted by Gasteiger charge is -2.03. The van der Waals surface area contributed by atoms with E-state index in [1.807, 2.05) is 24.4 Å². The maximum absolute atomic E-state index is 10.7.